The van der Waals surface area contributed by atoms with Crippen molar-refractivity contribution >= 4 is 23.7 Å². The molecule has 136 valence electrons. The number of ether oxygens (including phenoxy) is 3. The molecule has 2 aromatic rings. The minimum absolute atomic E-state index is 0.000793. The van der Waals surface area contributed by atoms with E-state index in [4.69, 9.17) is 9.47 Å². The fourth-order valence-electron chi connectivity index (χ4n) is 2.15. The molecule has 1 N–H and O–H groups in total. The van der Waals surface area contributed by atoms with Gasteiger partial charge in [-0.15, -0.1) is 0 Å². The number of nitrogens with one attached hydrogen (secondary N) is 1. The number of amides is 1. The van der Waals surface area contributed by atoms with E-state index in [9.17, 15) is 14.4 Å². The molecule has 0 atom stereocenters. The zero-order chi connectivity index (χ0) is 18.9. The molecule has 2 aromatic carbocycles. The van der Waals surface area contributed by atoms with Crippen LogP contribution in [0.15, 0.2) is 48.5 Å². The third-order valence-electron chi connectivity index (χ3n) is 3.34. The van der Waals surface area contributed by atoms with Crippen LogP contribution in [-0.4, -0.2) is 31.7 Å². The number of benzene rings is 2. The maximum absolute atomic E-state index is 12.2. The van der Waals surface area contributed by atoms with Gasteiger partial charge in [0.05, 0.1) is 24.8 Å². The molecule has 0 unspecified atom stereocenters. The summed E-state index contributed by atoms with van der Waals surface area (Å²) in [5.74, 6) is -1.02. The molecule has 0 saturated carbocycles. The molecule has 0 aliphatic carbocycles. The van der Waals surface area contributed by atoms with E-state index in [1.54, 1.807) is 49.4 Å². The lowest BCUT2D eigenvalue weighted by atomic mass is 10.1. The first-order valence-corrected chi connectivity index (χ1v) is 7.91. The van der Waals surface area contributed by atoms with Crippen LogP contribution in [0, 0.1) is 0 Å². The number of methoxy groups -OCH3 is 1. The van der Waals surface area contributed by atoms with Gasteiger partial charge in [-0.05, 0) is 42.8 Å². The van der Waals surface area contributed by atoms with E-state index >= 15 is 0 Å². The highest BCUT2D eigenvalue weighted by atomic mass is 16.5. The number of carbonyl (C=O) groups is 3. The lowest BCUT2D eigenvalue weighted by molar-refractivity contribution is 0.0472. The van der Waals surface area contributed by atoms with Crippen molar-refractivity contribution in [2.45, 2.75) is 13.5 Å². The lowest BCUT2D eigenvalue weighted by Gasteiger charge is -2.08. The van der Waals surface area contributed by atoms with Crippen LogP contribution < -0.4 is 5.32 Å². The van der Waals surface area contributed by atoms with Gasteiger partial charge in [-0.1, -0.05) is 18.2 Å². The zero-order valence-electron chi connectivity index (χ0n) is 14.5. The zero-order valence-corrected chi connectivity index (χ0v) is 14.5. The first kappa shape index (κ1) is 19.0. The average molecular weight is 357 g/mol. The summed E-state index contributed by atoms with van der Waals surface area (Å²) in [6, 6.07) is 12.9. The molecule has 0 heterocycles. The summed E-state index contributed by atoms with van der Waals surface area (Å²) in [5.41, 5.74) is 1.73. The number of anilines is 1. The summed E-state index contributed by atoms with van der Waals surface area (Å²) < 4.78 is 14.7. The quantitative estimate of drug-likeness (QED) is 0.629. The second kappa shape index (κ2) is 9.22. The Hall–Kier alpha value is -3.35. The van der Waals surface area contributed by atoms with Gasteiger partial charge in [0, 0.05) is 5.69 Å². The molecule has 0 aliphatic rings. The summed E-state index contributed by atoms with van der Waals surface area (Å²) >= 11 is 0. The van der Waals surface area contributed by atoms with Crippen LogP contribution in [0.3, 0.4) is 0 Å². The molecule has 7 heteroatoms. The van der Waals surface area contributed by atoms with Gasteiger partial charge in [-0.3, -0.25) is 5.32 Å². The van der Waals surface area contributed by atoms with Crippen molar-refractivity contribution in [2.24, 2.45) is 0 Å². The number of carbonyl (C=O) groups excluding carboxylic acids is 3. The fourth-order valence-corrected chi connectivity index (χ4v) is 2.15. The molecular formula is C19H19NO6. The Balaban J connectivity index is 2.00. The van der Waals surface area contributed by atoms with Gasteiger partial charge in [0.2, 0.25) is 0 Å². The Kier molecular flexibility index (Phi) is 6.73. The van der Waals surface area contributed by atoms with Crippen molar-refractivity contribution in [1.82, 2.24) is 0 Å². The second-order valence-corrected chi connectivity index (χ2v) is 5.19. The molecule has 0 radical (unpaired) electrons. The predicted octanol–water partition coefficient (Wildman–Crippen LogP) is 3.40. The minimum Gasteiger partial charge on any atom is -0.465 e. The normalized spacial score (nSPS) is 9.92. The lowest BCUT2D eigenvalue weighted by Crippen LogP contribution is -2.14. The van der Waals surface area contributed by atoms with Crippen LogP contribution in [0.4, 0.5) is 10.5 Å². The average Bonchev–Trinajstić information content (AvgIpc) is 2.66. The Bertz CT molecular complexity index is 802. The van der Waals surface area contributed by atoms with Crippen LogP contribution in [0.5, 0.6) is 0 Å². The topological polar surface area (TPSA) is 90.9 Å². The molecule has 0 aliphatic heterocycles. The molecule has 0 spiro atoms. The number of hydrogen-bond donors (Lipinski definition) is 1. The summed E-state index contributed by atoms with van der Waals surface area (Å²) in [6.45, 7) is 1.94. The molecule has 7 nitrogen and oxygen atoms in total. The maximum Gasteiger partial charge on any atom is 0.411 e. The van der Waals surface area contributed by atoms with Crippen molar-refractivity contribution in [3.63, 3.8) is 0 Å². The number of rotatable bonds is 6. The highest BCUT2D eigenvalue weighted by Gasteiger charge is 2.11. The monoisotopic (exact) mass is 357 g/mol. The van der Waals surface area contributed by atoms with Crippen molar-refractivity contribution in [1.29, 1.82) is 0 Å². The van der Waals surface area contributed by atoms with Gasteiger partial charge < -0.3 is 14.2 Å². The fraction of sp³-hybridized carbons (Fsp3) is 0.211. The Labute approximate surface area is 150 Å². The van der Waals surface area contributed by atoms with Crippen molar-refractivity contribution in [2.75, 3.05) is 19.0 Å². The molecule has 0 fully saturated rings. The van der Waals surface area contributed by atoms with Crippen LogP contribution in [-0.2, 0) is 20.8 Å². The van der Waals surface area contributed by atoms with E-state index in [0.29, 0.717) is 16.8 Å². The van der Waals surface area contributed by atoms with E-state index in [1.165, 1.54) is 13.2 Å². The van der Waals surface area contributed by atoms with Crippen LogP contribution in [0.25, 0.3) is 0 Å². The third-order valence-corrected chi connectivity index (χ3v) is 3.34. The van der Waals surface area contributed by atoms with Crippen molar-refractivity contribution in [3.05, 3.63) is 65.2 Å². The van der Waals surface area contributed by atoms with Crippen LogP contribution in [0.2, 0.25) is 0 Å². The summed E-state index contributed by atoms with van der Waals surface area (Å²) in [7, 11) is 1.30. The first-order valence-electron chi connectivity index (χ1n) is 7.91. The number of esters is 2. The molecule has 2 rings (SSSR count). The van der Waals surface area contributed by atoms with E-state index < -0.39 is 18.0 Å². The number of hydrogen-bond acceptors (Lipinski definition) is 6. The smallest absolute Gasteiger partial charge is 0.411 e. The van der Waals surface area contributed by atoms with Crippen molar-refractivity contribution in [3.8, 4) is 0 Å². The Morgan fingerprint density at radius 2 is 1.62 bits per heavy atom. The van der Waals surface area contributed by atoms with E-state index in [-0.39, 0.29) is 18.8 Å². The summed E-state index contributed by atoms with van der Waals surface area (Å²) in [6.07, 6.45) is -0.599. The molecule has 0 saturated heterocycles. The highest BCUT2D eigenvalue weighted by Crippen LogP contribution is 2.14. The summed E-state index contributed by atoms with van der Waals surface area (Å²) in [4.78, 5) is 35.2. The van der Waals surface area contributed by atoms with Crippen LogP contribution in [0.1, 0.15) is 33.2 Å². The SMILES string of the molecule is CCOC(=O)Nc1cccc(C(=O)OCc2cccc(C(=O)OC)c2)c1. The largest absolute Gasteiger partial charge is 0.465 e. The second-order valence-electron chi connectivity index (χ2n) is 5.19. The van der Waals surface area contributed by atoms with Gasteiger partial charge >= 0.3 is 18.0 Å². The van der Waals surface area contributed by atoms with Crippen LogP contribution >= 0.6 is 0 Å². The van der Waals surface area contributed by atoms with E-state index in [1.807, 2.05) is 0 Å². The van der Waals surface area contributed by atoms with Gasteiger partial charge in [0.1, 0.15) is 6.61 Å². The molecule has 26 heavy (non-hydrogen) atoms. The standard InChI is InChI=1S/C19H19NO6/c1-3-25-19(23)20-16-9-5-8-15(11-16)18(22)26-12-13-6-4-7-14(10-13)17(21)24-2/h4-11H,3,12H2,1-2H3,(H,20,23). The Morgan fingerprint density at radius 3 is 2.31 bits per heavy atom. The first-order chi connectivity index (χ1) is 12.5. The van der Waals surface area contributed by atoms with Gasteiger partial charge in [-0.25, -0.2) is 14.4 Å². The van der Waals surface area contributed by atoms with Gasteiger partial charge in [0.15, 0.2) is 0 Å². The molecule has 0 aromatic heterocycles. The van der Waals surface area contributed by atoms with E-state index in [2.05, 4.69) is 10.1 Å². The highest BCUT2D eigenvalue weighted by molar-refractivity contribution is 5.92. The summed E-state index contributed by atoms with van der Waals surface area (Å²) in [5, 5.41) is 2.52. The molecule has 1 amide bonds. The van der Waals surface area contributed by atoms with Crippen molar-refractivity contribution < 1.29 is 28.6 Å². The van der Waals surface area contributed by atoms with Gasteiger partial charge in [0.25, 0.3) is 0 Å². The molecular weight excluding hydrogens is 338 g/mol. The maximum atomic E-state index is 12.2. The predicted molar refractivity (Wildman–Crippen MR) is 94.0 cm³/mol. The Morgan fingerprint density at radius 1 is 0.923 bits per heavy atom. The molecule has 0 bridgehead atoms. The minimum atomic E-state index is -0.599. The van der Waals surface area contributed by atoms with Gasteiger partial charge in [-0.2, -0.15) is 0 Å². The third kappa shape index (κ3) is 5.34. The van der Waals surface area contributed by atoms with E-state index in [0.717, 1.165) is 0 Å².